The van der Waals surface area contributed by atoms with Gasteiger partial charge in [-0.15, -0.1) is 0 Å². The van der Waals surface area contributed by atoms with Gasteiger partial charge in [-0.25, -0.2) is 4.79 Å². The number of esters is 1. The highest BCUT2D eigenvalue weighted by atomic mass is 16.5. The Labute approximate surface area is 125 Å². The molecule has 1 N–H and O–H groups in total. The summed E-state index contributed by atoms with van der Waals surface area (Å²) in [6, 6.07) is -0.153. The van der Waals surface area contributed by atoms with E-state index in [1.165, 1.54) is 0 Å². The van der Waals surface area contributed by atoms with Crippen LogP contribution in [0.3, 0.4) is 0 Å². The summed E-state index contributed by atoms with van der Waals surface area (Å²) in [5, 5.41) is 0. The second-order valence-corrected chi connectivity index (χ2v) is 5.63. The predicted octanol–water partition coefficient (Wildman–Crippen LogP) is 2.48. The van der Waals surface area contributed by atoms with Gasteiger partial charge in [0.2, 0.25) is 0 Å². The summed E-state index contributed by atoms with van der Waals surface area (Å²) in [6.45, 7) is 9.59. The van der Waals surface area contributed by atoms with E-state index in [1.54, 1.807) is 20.8 Å². The molecule has 0 unspecified atom stereocenters. The monoisotopic (exact) mass is 292 g/mol. The number of carbonyl (C=O) groups excluding carboxylic acids is 2. The quantitative estimate of drug-likeness (QED) is 0.669. The van der Waals surface area contributed by atoms with E-state index < -0.39 is 0 Å². The van der Waals surface area contributed by atoms with Crippen molar-refractivity contribution in [2.45, 2.75) is 46.6 Å². The van der Waals surface area contributed by atoms with Gasteiger partial charge in [-0.2, -0.15) is 0 Å². The smallest absolute Gasteiger partial charge is 0.340 e. The molecule has 0 bridgehead atoms. The lowest BCUT2D eigenvalue weighted by Gasteiger charge is -2.22. The van der Waals surface area contributed by atoms with Crippen LogP contribution in [0.15, 0.2) is 0 Å². The number of aromatic nitrogens is 1. The SMILES string of the molecule is CCOC(=O)c1c(C)[nH]c(C(=O)[C@H](C)N2CCCC2)c1C. The van der Waals surface area contributed by atoms with E-state index in [0.717, 1.165) is 25.9 Å². The number of ether oxygens (including phenoxy) is 1. The lowest BCUT2D eigenvalue weighted by molar-refractivity contribution is 0.0525. The zero-order valence-corrected chi connectivity index (χ0v) is 13.3. The van der Waals surface area contributed by atoms with E-state index in [4.69, 9.17) is 4.74 Å². The molecular formula is C16H24N2O3. The van der Waals surface area contributed by atoms with Gasteiger partial charge in [0.15, 0.2) is 5.78 Å². The van der Waals surface area contributed by atoms with Gasteiger partial charge in [0.25, 0.3) is 0 Å². The van der Waals surface area contributed by atoms with Crippen LogP contribution in [0.4, 0.5) is 0 Å². The van der Waals surface area contributed by atoms with Crippen LogP contribution in [-0.2, 0) is 4.74 Å². The summed E-state index contributed by atoms with van der Waals surface area (Å²) in [4.78, 5) is 29.9. The van der Waals surface area contributed by atoms with Crippen LogP contribution in [0.5, 0.6) is 0 Å². The van der Waals surface area contributed by atoms with Crippen molar-refractivity contribution in [2.75, 3.05) is 19.7 Å². The number of ketones is 1. The van der Waals surface area contributed by atoms with Gasteiger partial charge < -0.3 is 9.72 Å². The van der Waals surface area contributed by atoms with Crippen LogP contribution < -0.4 is 0 Å². The molecule has 2 heterocycles. The summed E-state index contributed by atoms with van der Waals surface area (Å²) in [5.74, 6) is -0.315. The van der Waals surface area contributed by atoms with Crippen molar-refractivity contribution in [3.8, 4) is 0 Å². The molecule has 2 rings (SSSR count). The minimum Gasteiger partial charge on any atom is -0.462 e. The second kappa shape index (κ2) is 6.43. The third kappa shape index (κ3) is 3.02. The first-order chi connectivity index (χ1) is 9.97. The molecule has 1 aliphatic rings. The van der Waals surface area contributed by atoms with Crippen molar-refractivity contribution in [1.82, 2.24) is 9.88 Å². The number of nitrogens with one attached hydrogen (secondary N) is 1. The predicted molar refractivity (Wildman–Crippen MR) is 80.8 cm³/mol. The molecule has 116 valence electrons. The molecule has 1 aromatic rings. The van der Waals surface area contributed by atoms with Gasteiger partial charge in [-0.3, -0.25) is 9.69 Å². The standard InChI is InChI=1S/C16H24N2O3/c1-5-21-16(20)13-10(2)14(17-11(13)3)15(19)12(4)18-8-6-7-9-18/h12,17H,5-9H2,1-4H3/t12-/m0/s1. The van der Waals surface area contributed by atoms with E-state index in [-0.39, 0.29) is 17.8 Å². The fourth-order valence-corrected chi connectivity index (χ4v) is 3.01. The number of H-pyrrole nitrogens is 1. The van der Waals surface area contributed by atoms with E-state index in [1.807, 2.05) is 6.92 Å². The number of likely N-dealkylation sites (tertiary alicyclic amines) is 1. The lowest BCUT2D eigenvalue weighted by atomic mass is 10.0. The molecule has 1 fully saturated rings. The Kier molecular flexibility index (Phi) is 4.83. The number of nitrogens with zero attached hydrogens (tertiary/aromatic N) is 1. The number of hydrogen-bond acceptors (Lipinski definition) is 4. The van der Waals surface area contributed by atoms with E-state index in [0.29, 0.717) is 29.1 Å². The maximum absolute atomic E-state index is 12.7. The molecular weight excluding hydrogens is 268 g/mol. The third-order valence-electron chi connectivity index (χ3n) is 4.23. The molecule has 1 saturated heterocycles. The molecule has 5 nitrogen and oxygen atoms in total. The third-order valence-corrected chi connectivity index (χ3v) is 4.23. The Morgan fingerprint density at radius 2 is 1.90 bits per heavy atom. The molecule has 5 heteroatoms. The number of carbonyl (C=O) groups is 2. The molecule has 0 spiro atoms. The second-order valence-electron chi connectivity index (χ2n) is 5.63. The van der Waals surface area contributed by atoms with Crippen LogP contribution in [-0.4, -0.2) is 47.4 Å². The maximum Gasteiger partial charge on any atom is 0.340 e. The Bertz CT molecular complexity index is 542. The number of Topliss-reactive ketones (excluding diaryl/α,β-unsaturated/α-hetero) is 1. The summed E-state index contributed by atoms with van der Waals surface area (Å²) in [6.07, 6.45) is 2.29. The van der Waals surface area contributed by atoms with Crippen molar-refractivity contribution < 1.29 is 14.3 Å². The Balaban J connectivity index is 2.25. The van der Waals surface area contributed by atoms with E-state index in [2.05, 4.69) is 9.88 Å². The fraction of sp³-hybridized carbons (Fsp3) is 0.625. The van der Waals surface area contributed by atoms with Crippen LogP contribution in [0, 0.1) is 13.8 Å². The highest BCUT2D eigenvalue weighted by Crippen LogP contribution is 2.22. The van der Waals surface area contributed by atoms with Crippen molar-refractivity contribution in [2.24, 2.45) is 0 Å². The highest BCUT2D eigenvalue weighted by molar-refractivity contribution is 6.03. The van der Waals surface area contributed by atoms with Crippen molar-refractivity contribution in [1.29, 1.82) is 0 Å². The average Bonchev–Trinajstić information content (AvgIpc) is 3.06. The van der Waals surface area contributed by atoms with Crippen molar-refractivity contribution in [3.05, 3.63) is 22.5 Å². The van der Waals surface area contributed by atoms with Crippen LogP contribution >= 0.6 is 0 Å². The van der Waals surface area contributed by atoms with Crippen molar-refractivity contribution in [3.63, 3.8) is 0 Å². The highest BCUT2D eigenvalue weighted by Gasteiger charge is 2.29. The zero-order chi connectivity index (χ0) is 15.6. The van der Waals surface area contributed by atoms with Crippen LogP contribution in [0.1, 0.15) is 58.8 Å². The number of rotatable bonds is 5. The first-order valence-electron chi connectivity index (χ1n) is 7.61. The molecule has 0 saturated carbocycles. The van der Waals surface area contributed by atoms with Crippen LogP contribution in [0.2, 0.25) is 0 Å². The molecule has 0 aliphatic carbocycles. The lowest BCUT2D eigenvalue weighted by Crippen LogP contribution is -2.37. The summed E-state index contributed by atoms with van der Waals surface area (Å²) in [5.41, 5.74) is 2.42. The first-order valence-corrected chi connectivity index (χ1v) is 7.61. The molecule has 1 atom stereocenters. The molecule has 0 radical (unpaired) electrons. The number of aromatic amines is 1. The van der Waals surface area contributed by atoms with Gasteiger partial charge in [-0.05, 0) is 59.2 Å². The molecule has 0 amide bonds. The van der Waals surface area contributed by atoms with Crippen LogP contribution in [0.25, 0.3) is 0 Å². The first kappa shape index (κ1) is 15.8. The molecule has 0 aromatic carbocycles. The van der Waals surface area contributed by atoms with Gasteiger partial charge in [0.1, 0.15) is 0 Å². The Hall–Kier alpha value is -1.62. The Morgan fingerprint density at radius 1 is 1.29 bits per heavy atom. The number of hydrogen-bond donors (Lipinski definition) is 1. The summed E-state index contributed by atoms with van der Waals surface area (Å²) in [7, 11) is 0. The minimum absolute atomic E-state index is 0.0491. The molecule has 1 aromatic heterocycles. The molecule has 21 heavy (non-hydrogen) atoms. The summed E-state index contributed by atoms with van der Waals surface area (Å²) >= 11 is 0. The normalized spacial score (nSPS) is 17.0. The van der Waals surface area contributed by atoms with Crippen molar-refractivity contribution >= 4 is 11.8 Å². The van der Waals surface area contributed by atoms with Gasteiger partial charge in [0, 0.05) is 5.69 Å². The average molecular weight is 292 g/mol. The summed E-state index contributed by atoms with van der Waals surface area (Å²) < 4.78 is 5.06. The topological polar surface area (TPSA) is 62.4 Å². The van der Waals surface area contributed by atoms with Gasteiger partial charge >= 0.3 is 5.97 Å². The van der Waals surface area contributed by atoms with Gasteiger partial charge in [0.05, 0.1) is 23.9 Å². The maximum atomic E-state index is 12.7. The van der Waals surface area contributed by atoms with E-state index >= 15 is 0 Å². The minimum atomic E-state index is -0.364. The molecule has 1 aliphatic heterocycles. The zero-order valence-electron chi connectivity index (χ0n) is 13.3. The van der Waals surface area contributed by atoms with E-state index in [9.17, 15) is 9.59 Å². The largest absolute Gasteiger partial charge is 0.462 e. The van der Waals surface area contributed by atoms with Gasteiger partial charge in [-0.1, -0.05) is 0 Å². The number of aryl methyl sites for hydroxylation is 1. The fourth-order valence-electron chi connectivity index (χ4n) is 3.01. The Morgan fingerprint density at radius 3 is 2.48 bits per heavy atom.